The first-order valence-corrected chi connectivity index (χ1v) is 7.08. The summed E-state index contributed by atoms with van der Waals surface area (Å²) < 4.78 is 10.4. The van der Waals surface area contributed by atoms with Crippen molar-refractivity contribution in [3.05, 3.63) is 29.8 Å². The zero-order valence-electron chi connectivity index (χ0n) is 12.7. The molecule has 23 heavy (non-hydrogen) atoms. The number of ether oxygens (including phenoxy) is 2. The van der Waals surface area contributed by atoms with Crippen LogP contribution < -0.4 is 10.1 Å². The molecule has 8 heteroatoms. The van der Waals surface area contributed by atoms with Crippen LogP contribution in [0.5, 0.6) is 5.75 Å². The van der Waals surface area contributed by atoms with Crippen molar-refractivity contribution in [2.45, 2.75) is 6.10 Å². The van der Waals surface area contributed by atoms with Crippen LogP contribution >= 0.6 is 0 Å². The lowest BCUT2D eigenvalue weighted by Gasteiger charge is -2.32. The molecule has 0 spiro atoms. The molecule has 2 N–H and O–H groups in total. The van der Waals surface area contributed by atoms with Gasteiger partial charge in [0.05, 0.1) is 13.2 Å². The van der Waals surface area contributed by atoms with Crippen molar-refractivity contribution in [2.24, 2.45) is 0 Å². The smallest absolute Gasteiger partial charge is 0.341 e. The van der Waals surface area contributed by atoms with Gasteiger partial charge in [-0.15, -0.1) is 0 Å². The average molecular weight is 322 g/mol. The molecule has 1 aromatic carbocycles. The lowest BCUT2D eigenvalue weighted by Crippen LogP contribution is -2.51. The number of hydrogen-bond acceptors (Lipinski definition) is 5. The fourth-order valence-corrected chi connectivity index (χ4v) is 2.17. The summed E-state index contributed by atoms with van der Waals surface area (Å²) in [6, 6.07) is 6.19. The third kappa shape index (κ3) is 4.43. The van der Waals surface area contributed by atoms with Gasteiger partial charge in [-0.1, -0.05) is 0 Å². The summed E-state index contributed by atoms with van der Waals surface area (Å²) in [5.74, 6) is -1.18. The highest BCUT2D eigenvalue weighted by molar-refractivity contribution is 5.95. The molecular weight excluding hydrogens is 304 g/mol. The van der Waals surface area contributed by atoms with E-state index in [1.54, 1.807) is 17.0 Å². The zero-order valence-corrected chi connectivity index (χ0v) is 12.7. The third-order valence-corrected chi connectivity index (χ3v) is 3.36. The Labute approximate surface area is 133 Å². The maximum Gasteiger partial charge on any atom is 0.341 e. The van der Waals surface area contributed by atoms with Crippen LogP contribution in [0.2, 0.25) is 0 Å². The third-order valence-electron chi connectivity index (χ3n) is 3.36. The largest absolute Gasteiger partial charge is 0.482 e. The molecule has 0 bridgehead atoms. The van der Waals surface area contributed by atoms with Crippen molar-refractivity contribution in [3.63, 3.8) is 0 Å². The molecule has 2 amide bonds. The van der Waals surface area contributed by atoms with Crippen molar-refractivity contribution in [1.29, 1.82) is 0 Å². The number of hydrogen-bond donors (Lipinski definition) is 2. The standard InChI is InChI=1S/C15H18N2O6/c1-16-14(20)12-8-17(6-7-22-12)15(21)10-2-4-11(5-3-10)23-9-13(18)19/h2-5,12H,6-9H2,1H3,(H,16,20)(H,18,19). The summed E-state index contributed by atoms with van der Waals surface area (Å²) in [6.07, 6.45) is -0.670. The highest BCUT2D eigenvalue weighted by atomic mass is 16.5. The van der Waals surface area contributed by atoms with Gasteiger partial charge in [-0.05, 0) is 24.3 Å². The van der Waals surface area contributed by atoms with Gasteiger partial charge in [0.1, 0.15) is 5.75 Å². The number of benzene rings is 1. The molecule has 1 unspecified atom stereocenters. The van der Waals surface area contributed by atoms with E-state index in [1.165, 1.54) is 19.2 Å². The molecule has 1 atom stereocenters. The molecule has 1 heterocycles. The van der Waals surface area contributed by atoms with Gasteiger partial charge in [-0.25, -0.2) is 4.79 Å². The number of carbonyl (C=O) groups is 3. The fourth-order valence-electron chi connectivity index (χ4n) is 2.17. The predicted molar refractivity (Wildman–Crippen MR) is 79.3 cm³/mol. The maximum atomic E-state index is 12.4. The second-order valence-electron chi connectivity index (χ2n) is 4.93. The first-order valence-electron chi connectivity index (χ1n) is 7.08. The molecule has 8 nitrogen and oxygen atoms in total. The number of carboxylic acids is 1. The number of carbonyl (C=O) groups excluding carboxylic acids is 2. The lowest BCUT2D eigenvalue weighted by molar-refractivity contribution is -0.139. The normalized spacial score (nSPS) is 17.4. The van der Waals surface area contributed by atoms with E-state index in [1.807, 2.05) is 0 Å². The molecule has 1 saturated heterocycles. The number of aliphatic carboxylic acids is 1. The molecule has 1 aromatic rings. The van der Waals surface area contributed by atoms with Crippen molar-refractivity contribution in [1.82, 2.24) is 10.2 Å². The highest BCUT2D eigenvalue weighted by Crippen LogP contribution is 2.15. The van der Waals surface area contributed by atoms with Crippen molar-refractivity contribution in [2.75, 3.05) is 33.4 Å². The van der Waals surface area contributed by atoms with Crippen LogP contribution in [-0.4, -0.2) is 67.2 Å². The van der Waals surface area contributed by atoms with Gasteiger partial charge < -0.3 is 24.8 Å². The van der Waals surface area contributed by atoms with Gasteiger partial charge in [-0.2, -0.15) is 0 Å². The van der Waals surface area contributed by atoms with Gasteiger partial charge in [0.25, 0.3) is 11.8 Å². The quantitative estimate of drug-likeness (QED) is 0.773. The van der Waals surface area contributed by atoms with Crippen LogP contribution in [-0.2, 0) is 14.3 Å². The van der Waals surface area contributed by atoms with Crippen LogP contribution in [0.25, 0.3) is 0 Å². The lowest BCUT2D eigenvalue weighted by atomic mass is 10.1. The number of likely N-dealkylation sites (N-methyl/N-ethyl adjacent to an activating group) is 1. The van der Waals surface area contributed by atoms with Crippen LogP contribution in [0, 0.1) is 0 Å². The van der Waals surface area contributed by atoms with E-state index in [0.717, 1.165) is 0 Å². The van der Waals surface area contributed by atoms with E-state index < -0.39 is 18.7 Å². The summed E-state index contributed by atoms with van der Waals surface area (Å²) in [7, 11) is 1.52. The number of morpholine rings is 1. The molecule has 0 aliphatic carbocycles. The molecule has 1 aliphatic heterocycles. The van der Waals surface area contributed by atoms with Gasteiger partial charge >= 0.3 is 5.97 Å². The van der Waals surface area contributed by atoms with Crippen LogP contribution in [0.3, 0.4) is 0 Å². The number of nitrogens with one attached hydrogen (secondary N) is 1. The minimum Gasteiger partial charge on any atom is -0.482 e. The summed E-state index contributed by atoms with van der Waals surface area (Å²) in [5.41, 5.74) is 0.435. The van der Waals surface area contributed by atoms with Gasteiger partial charge in [-0.3, -0.25) is 9.59 Å². The molecule has 0 saturated carbocycles. The fraction of sp³-hybridized carbons (Fsp3) is 0.400. The summed E-state index contributed by atoms with van der Waals surface area (Å²) in [5, 5.41) is 11.0. The van der Waals surface area contributed by atoms with E-state index in [-0.39, 0.29) is 18.4 Å². The predicted octanol–water partition coefficient (Wildman–Crippen LogP) is -0.263. The second-order valence-corrected chi connectivity index (χ2v) is 4.93. The Balaban J connectivity index is 1.99. The van der Waals surface area contributed by atoms with Crippen LogP contribution in [0.15, 0.2) is 24.3 Å². The van der Waals surface area contributed by atoms with Gasteiger partial charge in [0, 0.05) is 19.2 Å². The van der Waals surface area contributed by atoms with E-state index in [0.29, 0.717) is 24.5 Å². The number of amides is 2. The van der Waals surface area contributed by atoms with E-state index in [2.05, 4.69) is 5.32 Å². The molecule has 1 aliphatic rings. The Morgan fingerprint density at radius 2 is 2.04 bits per heavy atom. The number of rotatable bonds is 5. The summed E-state index contributed by atoms with van der Waals surface area (Å²) >= 11 is 0. The average Bonchev–Trinajstić information content (AvgIpc) is 2.59. The Morgan fingerprint density at radius 3 is 2.65 bits per heavy atom. The molecule has 124 valence electrons. The van der Waals surface area contributed by atoms with Crippen molar-refractivity contribution in [3.8, 4) is 5.75 Å². The number of carboxylic acid groups (broad SMARTS) is 1. The molecular formula is C15H18N2O6. The Morgan fingerprint density at radius 1 is 1.35 bits per heavy atom. The molecule has 1 fully saturated rings. The minimum atomic E-state index is -1.07. The molecule has 0 aromatic heterocycles. The van der Waals surface area contributed by atoms with Gasteiger partial charge in [0.15, 0.2) is 12.7 Å². The highest BCUT2D eigenvalue weighted by Gasteiger charge is 2.29. The van der Waals surface area contributed by atoms with E-state index in [9.17, 15) is 14.4 Å². The van der Waals surface area contributed by atoms with Crippen LogP contribution in [0.1, 0.15) is 10.4 Å². The second kappa shape index (κ2) is 7.59. The maximum absolute atomic E-state index is 12.4. The van der Waals surface area contributed by atoms with E-state index >= 15 is 0 Å². The van der Waals surface area contributed by atoms with Crippen molar-refractivity contribution < 1.29 is 29.0 Å². The molecule has 2 rings (SSSR count). The molecule has 0 radical (unpaired) electrons. The minimum absolute atomic E-state index is 0.190. The zero-order chi connectivity index (χ0) is 16.8. The van der Waals surface area contributed by atoms with Gasteiger partial charge in [0.2, 0.25) is 0 Å². The summed E-state index contributed by atoms with van der Waals surface area (Å²) in [6.45, 7) is 0.452. The number of nitrogens with zero attached hydrogens (tertiary/aromatic N) is 1. The van der Waals surface area contributed by atoms with Crippen molar-refractivity contribution >= 4 is 17.8 Å². The SMILES string of the molecule is CNC(=O)C1CN(C(=O)c2ccc(OCC(=O)O)cc2)CCO1. The first kappa shape index (κ1) is 16.8. The monoisotopic (exact) mass is 322 g/mol. The topological polar surface area (TPSA) is 105 Å². The van der Waals surface area contributed by atoms with Crippen LogP contribution in [0.4, 0.5) is 0 Å². The van der Waals surface area contributed by atoms with E-state index in [4.69, 9.17) is 14.6 Å². The summed E-state index contributed by atoms with van der Waals surface area (Å²) in [4.78, 5) is 36.0. The Kier molecular flexibility index (Phi) is 5.53. The Bertz CT molecular complexity index is 586. The Hall–Kier alpha value is -2.61. The first-order chi connectivity index (χ1) is 11.0.